The highest BCUT2D eigenvalue weighted by Crippen LogP contribution is 2.33. The molecule has 3 heterocycles. The van der Waals surface area contributed by atoms with Crippen molar-refractivity contribution in [3.05, 3.63) is 29.8 Å². The number of piperidine rings is 1. The van der Waals surface area contributed by atoms with E-state index in [0.29, 0.717) is 36.2 Å². The third-order valence-corrected chi connectivity index (χ3v) is 6.85. The van der Waals surface area contributed by atoms with Crippen molar-refractivity contribution in [2.45, 2.75) is 44.6 Å². The minimum atomic E-state index is -0.167. The molecule has 2 atom stereocenters. The summed E-state index contributed by atoms with van der Waals surface area (Å²) in [6, 6.07) is 7.58. The molecule has 5 rings (SSSR count). The first-order valence-corrected chi connectivity index (χ1v) is 11.1. The normalized spacial score (nSPS) is 24.7. The average molecular weight is 400 g/mol. The number of hydrogen-bond acceptors (Lipinski definition) is 4. The van der Waals surface area contributed by atoms with E-state index in [2.05, 4.69) is 15.1 Å². The van der Waals surface area contributed by atoms with Crippen LogP contribution in [0.15, 0.2) is 24.3 Å². The lowest BCUT2D eigenvalue weighted by Gasteiger charge is -2.40. The topological polar surface area (TPSA) is 61.9 Å². The van der Waals surface area contributed by atoms with Crippen LogP contribution >= 0.6 is 0 Å². The molecule has 2 bridgehead atoms. The first-order valence-electron chi connectivity index (χ1n) is 11.1. The monoisotopic (exact) mass is 399 g/mol. The van der Waals surface area contributed by atoms with Crippen molar-refractivity contribution in [2.24, 2.45) is 11.8 Å². The molecule has 2 amide bonds. The molecular weight excluding hydrogens is 366 g/mol. The highest BCUT2D eigenvalue weighted by Gasteiger charge is 2.37. The molecule has 1 N–H and O–H groups in total. The number of hydrogen-bond donors (Lipinski definition) is 1. The van der Waals surface area contributed by atoms with E-state index in [1.807, 2.05) is 6.07 Å². The van der Waals surface area contributed by atoms with Gasteiger partial charge in [-0.05, 0) is 55.7 Å². The summed E-state index contributed by atoms with van der Waals surface area (Å²) in [5.41, 5.74) is 0.552. The van der Waals surface area contributed by atoms with Crippen LogP contribution in [0.25, 0.3) is 0 Å². The molecule has 158 valence electrons. The maximum atomic E-state index is 12.8. The summed E-state index contributed by atoms with van der Waals surface area (Å²) >= 11 is 0. The molecular formula is C23H33N3O3. The Bertz CT molecular complexity index is 734. The van der Waals surface area contributed by atoms with E-state index in [-0.39, 0.29) is 11.8 Å². The Kier molecular flexibility index (Phi) is 6.38. The number of fused-ring (bicyclic) bond motifs is 4. The van der Waals surface area contributed by atoms with Crippen LogP contribution in [0.1, 0.15) is 48.9 Å². The molecule has 0 radical (unpaired) electrons. The molecule has 1 saturated carbocycles. The van der Waals surface area contributed by atoms with Gasteiger partial charge >= 0.3 is 0 Å². The summed E-state index contributed by atoms with van der Waals surface area (Å²) in [5.74, 6) is 2.13. The van der Waals surface area contributed by atoms with Crippen molar-refractivity contribution in [3.8, 4) is 5.75 Å². The molecule has 1 aromatic rings. The molecule has 1 aliphatic carbocycles. The number of nitrogens with zero attached hydrogens (tertiary/aromatic N) is 2. The lowest BCUT2D eigenvalue weighted by Crippen LogP contribution is -2.47. The molecule has 0 spiro atoms. The average Bonchev–Trinajstić information content (AvgIpc) is 3.02. The number of amides is 2. The maximum absolute atomic E-state index is 12.8. The first-order chi connectivity index (χ1) is 14.1. The van der Waals surface area contributed by atoms with Crippen molar-refractivity contribution in [3.63, 3.8) is 0 Å². The Hall–Kier alpha value is -2.08. The second-order valence-electron chi connectivity index (χ2n) is 8.88. The Morgan fingerprint density at radius 1 is 1.14 bits per heavy atom. The third-order valence-electron chi connectivity index (χ3n) is 6.85. The fraction of sp³-hybridized carbons (Fsp3) is 0.652. The second-order valence-corrected chi connectivity index (χ2v) is 8.88. The molecule has 1 aromatic carbocycles. The molecule has 0 unspecified atom stereocenters. The summed E-state index contributed by atoms with van der Waals surface area (Å²) in [6.07, 6.45) is 6.96. The molecule has 0 aromatic heterocycles. The van der Waals surface area contributed by atoms with Crippen molar-refractivity contribution in [2.75, 3.05) is 39.8 Å². The maximum Gasteiger partial charge on any atom is 0.251 e. The Morgan fingerprint density at radius 3 is 2.76 bits per heavy atom. The Balaban J connectivity index is 1.26. The van der Waals surface area contributed by atoms with Gasteiger partial charge in [-0.3, -0.25) is 14.5 Å². The summed E-state index contributed by atoms with van der Waals surface area (Å²) in [5, 5.41) is 2.87. The number of nitrogens with one attached hydrogen (secondary N) is 1. The van der Waals surface area contributed by atoms with Gasteiger partial charge < -0.3 is 15.0 Å². The van der Waals surface area contributed by atoms with Gasteiger partial charge in [-0.15, -0.1) is 0 Å². The summed E-state index contributed by atoms with van der Waals surface area (Å²) in [4.78, 5) is 29.9. The number of rotatable bonds is 7. The molecule has 3 saturated heterocycles. The van der Waals surface area contributed by atoms with Crippen LogP contribution in [0.5, 0.6) is 5.75 Å². The lowest BCUT2D eigenvalue weighted by atomic mass is 9.83. The van der Waals surface area contributed by atoms with Gasteiger partial charge in [-0.2, -0.15) is 0 Å². The van der Waals surface area contributed by atoms with E-state index in [9.17, 15) is 9.59 Å². The van der Waals surface area contributed by atoms with Crippen LogP contribution in [-0.4, -0.2) is 67.5 Å². The van der Waals surface area contributed by atoms with Crippen molar-refractivity contribution >= 4 is 11.8 Å². The molecule has 6 nitrogen and oxygen atoms in total. The fourth-order valence-electron chi connectivity index (χ4n) is 4.92. The summed E-state index contributed by atoms with van der Waals surface area (Å²) in [6.45, 7) is 4.47. The van der Waals surface area contributed by atoms with Crippen LogP contribution in [-0.2, 0) is 4.79 Å². The van der Waals surface area contributed by atoms with Crippen molar-refractivity contribution in [1.29, 1.82) is 0 Å². The summed E-state index contributed by atoms with van der Waals surface area (Å²) < 4.78 is 5.16. The minimum Gasteiger partial charge on any atom is -0.497 e. The van der Waals surface area contributed by atoms with E-state index in [0.717, 1.165) is 25.6 Å². The largest absolute Gasteiger partial charge is 0.497 e. The van der Waals surface area contributed by atoms with Gasteiger partial charge in [0.2, 0.25) is 5.91 Å². The zero-order valence-electron chi connectivity index (χ0n) is 17.4. The number of carbonyl (C=O) groups is 2. The highest BCUT2D eigenvalue weighted by atomic mass is 16.5. The van der Waals surface area contributed by atoms with E-state index in [4.69, 9.17) is 4.74 Å². The van der Waals surface area contributed by atoms with Crippen molar-refractivity contribution < 1.29 is 14.3 Å². The van der Waals surface area contributed by atoms with Crippen molar-refractivity contribution in [1.82, 2.24) is 15.1 Å². The summed E-state index contributed by atoms with van der Waals surface area (Å²) in [7, 11) is 1.58. The van der Waals surface area contributed by atoms with Gasteiger partial charge in [-0.25, -0.2) is 0 Å². The zero-order valence-corrected chi connectivity index (χ0v) is 17.4. The van der Waals surface area contributed by atoms with E-state index >= 15 is 0 Å². The molecule has 29 heavy (non-hydrogen) atoms. The standard InChI is InChI=1S/C23H33N3O3/c1-29-21-7-3-6-19(12-21)23(28)24-11-10-22(27)26-15-18-8-9-20(16-26)25(14-18)13-17-4-2-5-17/h3,6-7,12,17-18,20H,2,4-5,8-11,13-16H2,1H3,(H,24,28)/t18-,20-/m1/s1. The number of methoxy groups -OCH3 is 1. The van der Waals surface area contributed by atoms with E-state index in [1.54, 1.807) is 25.3 Å². The van der Waals surface area contributed by atoms with Crippen LogP contribution in [0.2, 0.25) is 0 Å². The number of ether oxygens (including phenoxy) is 1. The van der Waals surface area contributed by atoms with Gasteiger partial charge in [0.1, 0.15) is 5.75 Å². The number of benzene rings is 1. The molecule has 4 aliphatic rings. The predicted octanol–water partition coefficient (Wildman–Crippen LogP) is 2.54. The fourth-order valence-corrected chi connectivity index (χ4v) is 4.92. The minimum absolute atomic E-state index is 0.165. The first kappa shape index (κ1) is 20.2. The lowest BCUT2D eigenvalue weighted by molar-refractivity contribution is -0.131. The zero-order chi connectivity index (χ0) is 20.2. The van der Waals surface area contributed by atoms with Crippen LogP contribution in [0.4, 0.5) is 0 Å². The van der Waals surface area contributed by atoms with E-state index in [1.165, 1.54) is 38.6 Å². The Labute approximate surface area is 173 Å². The smallest absolute Gasteiger partial charge is 0.251 e. The predicted molar refractivity (Wildman–Crippen MR) is 112 cm³/mol. The second kappa shape index (κ2) is 9.16. The third kappa shape index (κ3) is 4.92. The highest BCUT2D eigenvalue weighted by molar-refractivity contribution is 5.94. The SMILES string of the molecule is COc1cccc(C(=O)NCCC(=O)N2C[C@@H]3CC[C@H](C2)N(CC2CCC2)C3)c1. The Morgan fingerprint density at radius 2 is 2.00 bits per heavy atom. The molecule has 3 aliphatic heterocycles. The number of carbonyl (C=O) groups excluding carboxylic acids is 2. The van der Waals surface area contributed by atoms with Crippen LogP contribution < -0.4 is 10.1 Å². The van der Waals surface area contributed by atoms with Gasteiger partial charge in [-0.1, -0.05) is 12.5 Å². The van der Waals surface area contributed by atoms with Crippen LogP contribution in [0.3, 0.4) is 0 Å². The quantitative estimate of drug-likeness (QED) is 0.765. The van der Waals surface area contributed by atoms with Crippen LogP contribution in [0, 0.1) is 11.8 Å². The molecule has 6 heteroatoms. The van der Waals surface area contributed by atoms with Gasteiger partial charge in [0.25, 0.3) is 5.91 Å². The van der Waals surface area contributed by atoms with Gasteiger partial charge in [0, 0.05) is 50.7 Å². The van der Waals surface area contributed by atoms with Gasteiger partial charge in [0.15, 0.2) is 0 Å². The van der Waals surface area contributed by atoms with Gasteiger partial charge in [0.05, 0.1) is 7.11 Å². The van der Waals surface area contributed by atoms with E-state index < -0.39 is 0 Å². The molecule has 4 fully saturated rings.